The van der Waals surface area contributed by atoms with Crippen molar-refractivity contribution in [2.75, 3.05) is 20.7 Å². The maximum absolute atomic E-state index is 12.7. The Morgan fingerprint density at radius 3 is 2.61 bits per heavy atom. The molecule has 1 fully saturated rings. The van der Waals surface area contributed by atoms with Gasteiger partial charge in [-0.2, -0.15) is 13.2 Å². The molecule has 0 unspecified atom stereocenters. The van der Waals surface area contributed by atoms with Crippen LogP contribution < -0.4 is 0 Å². The van der Waals surface area contributed by atoms with Crippen LogP contribution in [0.1, 0.15) is 29.9 Å². The van der Waals surface area contributed by atoms with Crippen LogP contribution in [0, 0.1) is 5.92 Å². The summed E-state index contributed by atoms with van der Waals surface area (Å²) in [5.41, 5.74) is -0.225. The zero-order chi connectivity index (χ0) is 17.2. The lowest BCUT2D eigenvalue weighted by Gasteiger charge is -2.10. The summed E-state index contributed by atoms with van der Waals surface area (Å²) in [6, 6.07) is 5.01. The van der Waals surface area contributed by atoms with Gasteiger partial charge in [-0.3, -0.25) is 9.59 Å². The number of nitrogens with zero attached hydrogens (tertiary/aromatic N) is 1. The number of hydrogen-bond donors (Lipinski definition) is 0. The minimum atomic E-state index is -4.40. The molecule has 0 radical (unpaired) electrons. The first-order valence-electron chi connectivity index (χ1n) is 7.24. The van der Waals surface area contributed by atoms with Gasteiger partial charge < -0.3 is 9.64 Å². The monoisotopic (exact) mass is 329 g/mol. The molecule has 2 rings (SSSR count). The number of alkyl halides is 3. The van der Waals surface area contributed by atoms with Crippen LogP contribution in [-0.4, -0.2) is 37.5 Å². The molecule has 23 heavy (non-hydrogen) atoms. The van der Waals surface area contributed by atoms with E-state index in [0.717, 1.165) is 12.1 Å². The number of halogens is 3. The van der Waals surface area contributed by atoms with Crippen LogP contribution in [0.4, 0.5) is 13.2 Å². The van der Waals surface area contributed by atoms with Gasteiger partial charge in [-0.1, -0.05) is 18.2 Å². The first kappa shape index (κ1) is 17.3. The largest absolute Gasteiger partial charge is 0.465 e. The standard InChI is InChI=1S/C16H18F3NO3/c1-20(2)14(21)6-7-23-15(22)13-9-12(13)10-4-3-5-11(8-10)16(17,18)19/h3-5,8,12-13H,6-7,9H2,1-2H3/t12-,13-/m1/s1. The molecule has 1 saturated carbocycles. The van der Waals surface area contributed by atoms with Crippen molar-refractivity contribution in [1.29, 1.82) is 0 Å². The van der Waals surface area contributed by atoms with Gasteiger partial charge in [0.1, 0.15) is 6.61 Å². The molecule has 0 N–H and O–H groups in total. The fraction of sp³-hybridized carbons (Fsp3) is 0.500. The van der Waals surface area contributed by atoms with E-state index in [0.29, 0.717) is 12.0 Å². The van der Waals surface area contributed by atoms with E-state index in [9.17, 15) is 22.8 Å². The highest BCUT2D eigenvalue weighted by Crippen LogP contribution is 2.49. The highest BCUT2D eigenvalue weighted by molar-refractivity contribution is 5.79. The second-order valence-corrected chi connectivity index (χ2v) is 5.78. The van der Waals surface area contributed by atoms with Crippen LogP contribution in [-0.2, 0) is 20.5 Å². The molecule has 0 bridgehead atoms. The zero-order valence-corrected chi connectivity index (χ0v) is 12.9. The molecule has 4 nitrogen and oxygen atoms in total. The van der Waals surface area contributed by atoms with E-state index in [2.05, 4.69) is 0 Å². The molecule has 1 aromatic carbocycles. The molecular weight excluding hydrogens is 311 g/mol. The van der Waals surface area contributed by atoms with E-state index in [1.807, 2.05) is 0 Å². The molecule has 1 aliphatic carbocycles. The Morgan fingerprint density at radius 2 is 2.00 bits per heavy atom. The van der Waals surface area contributed by atoms with Crippen molar-refractivity contribution >= 4 is 11.9 Å². The maximum atomic E-state index is 12.7. The third-order valence-corrected chi connectivity index (χ3v) is 3.79. The van der Waals surface area contributed by atoms with Crippen LogP contribution in [0.15, 0.2) is 24.3 Å². The molecule has 0 aliphatic heterocycles. The van der Waals surface area contributed by atoms with Crippen LogP contribution in [0.2, 0.25) is 0 Å². The molecule has 0 spiro atoms. The van der Waals surface area contributed by atoms with E-state index in [1.165, 1.54) is 11.0 Å². The molecule has 0 aromatic heterocycles. The smallest absolute Gasteiger partial charge is 0.416 e. The molecular formula is C16H18F3NO3. The number of amides is 1. The Hall–Kier alpha value is -2.05. The predicted molar refractivity (Wildman–Crippen MR) is 76.6 cm³/mol. The minimum Gasteiger partial charge on any atom is -0.465 e. The average Bonchev–Trinajstić information content (AvgIpc) is 3.26. The van der Waals surface area contributed by atoms with Gasteiger partial charge in [-0.15, -0.1) is 0 Å². The summed E-state index contributed by atoms with van der Waals surface area (Å²) < 4.78 is 43.1. The van der Waals surface area contributed by atoms with Crippen molar-refractivity contribution in [2.45, 2.75) is 24.9 Å². The van der Waals surface area contributed by atoms with Crippen molar-refractivity contribution < 1.29 is 27.5 Å². The van der Waals surface area contributed by atoms with Crippen LogP contribution in [0.5, 0.6) is 0 Å². The number of esters is 1. The molecule has 0 saturated heterocycles. The first-order valence-corrected chi connectivity index (χ1v) is 7.24. The number of benzene rings is 1. The number of rotatable bonds is 5. The minimum absolute atomic E-state index is 0.0122. The fourth-order valence-corrected chi connectivity index (χ4v) is 2.34. The maximum Gasteiger partial charge on any atom is 0.416 e. The van der Waals surface area contributed by atoms with Crippen LogP contribution in [0.25, 0.3) is 0 Å². The Balaban J connectivity index is 1.87. The molecule has 7 heteroatoms. The molecule has 0 heterocycles. The SMILES string of the molecule is CN(C)C(=O)CCOC(=O)[C@@H]1C[C@@H]1c1cccc(C(F)(F)F)c1. The summed E-state index contributed by atoms with van der Waals surface area (Å²) >= 11 is 0. The van der Waals surface area contributed by atoms with Gasteiger partial charge in [0.25, 0.3) is 0 Å². The Kier molecular flexibility index (Phi) is 4.97. The number of ether oxygens (including phenoxy) is 1. The quantitative estimate of drug-likeness (QED) is 0.781. The summed E-state index contributed by atoms with van der Waals surface area (Å²) in [7, 11) is 3.21. The van der Waals surface area contributed by atoms with Crippen molar-refractivity contribution in [3.8, 4) is 0 Å². The van der Waals surface area contributed by atoms with Crippen LogP contribution in [0.3, 0.4) is 0 Å². The third-order valence-electron chi connectivity index (χ3n) is 3.79. The predicted octanol–water partition coefficient (Wildman–Crippen LogP) is 2.83. The summed E-state index contributed by atoms with van der Waals surface area (Å²) in [5, 5.41) is 0. The van der Waals surface area contributed by atoms with E-state index in [-0.39, 0.29) is 24.9 Å². The Morgan fingerprint density at radius 1 is 1.30 bits per heavy atom. The van der Waals surface area contributed by atoms with E-state index in [4.69, 9.17) is 4.74 Å². The first-order chi connectivity index (χ1) is 10.7. The molecule has 126 valence electrons. The lowest BCUT2D eigenvalue weighted by atomic mass is 10.1. The lowest BCUT2D eigenvalue weighted by Crippen LogP contribution is -2.23. The molecule has 1 aliphatic rings. The van der Waals surface area contributed by atoms with Gasteiger partial charge in [0, 0.05) is 14.1 Å². The second kappa shape index (κ2) is 6.60. The van der Waals surface area contributed by atoms with Gasteiger partial charge in [-0.25, -0.2) is 0 Å². The van der Waals surface area contributed by atoms with Gasteiger partial charge >= 0.3 is 12.1 Å². The molecule has 1 aromatic rings. The highest BCUT2D eigenvalue weighted by atomic mass is 19.4. The highest BCUT2D eigenvalue weighted by Gasteiger charge is 2.45. The summed E-state index contributed by atoms with van der Waals surface area (Å²) in [6.45, 7) is -0.0122. The van der Waals surface area contributed by atoms with Gasteiger partial charge in [-0.05, 0) is 24.0 Å². The van der Waals surface area contributed by atoms with Gasteiger partial charge in [0.15, 0.2) is 0 Å². The second-order valence-electron chi connectivity index (χ2n) is 5.78. The average molecular weight is 329 g/mol. The van der Waals surface area contributed by atoms with Gasteiger partial charge in [0.2, 0.25) is 5.91 Å². The normalized spacial score (nSPS) is 20.0. The number of carbonyl (C=O) groups is 2. The van der Waals surface area contributed by atoms with E-state index >= 15 is 0 Å². The van der Waals surface area contributed by atoms with Crippen molar-refractivity contribution in [3.63, 3.8) is 0 Å². The zero-order valence-electron chi connectivity index (χ0n) is 12.9. The van der Waals surface area contributed by atoms with Crippen molar-refractivity contribution in [3.05, 3.63) is 35.4 Å². The lowest BCUT2D eigenvalue weighted by molar-refractivity contribution is -0.146. The van der Waals surface area contributed by atoms with E-state index in [1.54, 1.807) is 20.2 Å². The fourth-order valence-electron chi connectivity index (χ4n) is 2.34. The van der Waals surface area contributed by atoms with Crippen LogP contribution >= 0.6 is 0 Å². The number of carbonyl (C=O) groups excluding carboxylic acids is 2. The Labute approximate surface area is 132 Å². The Bertz CT molecular complexity index is 598. The molecule has 1 amide bonds. The molecule has 2 atom stereocenters. The summed E-state index contributed by atoms with van der Waals surface area (Å²) in [4.78, 5) is 24.6. The summed E-state index contributed by atoms with van der Waals surface area (Å²) in [5.74, 6) is -1.27. The van der Waals surface area contributed by atoms with Crippen molar-refractivity contribution in [1.82, 2.24) is 4.90 Å². The summed E-state index contributed by atoms with van der Waals surface area (Å²) in [6.07, 6.45) is -3.82. The third kappa shape index (κ3) is 4.46. The topological polar surface area (TPSA) is 46.6 Å². The number of hydrogen-bond acceptors (Lipinski definition) is 3. The van der Waals surface area contributed by atoms with Crippen molar-refractivity contribution in [2.24, 2.45) is 5.92 Å². The van der Waals surface area contributed by atoms with Gasteiger partial charge in [0.05, 0.1) is 17.9 Å². The van der Waals surface area contributed by atoms with E-state index < -0.39 is 23.6 Å².